The SMILES string of the molecule is Cc1ccc(S(=O)(=O)c2[nH]c3cc(-c4ccc(F)cc4)ccc3c2C(=O)c2ccc(Cc3nccc4[nH]c(C)nc34)cc2)cc1. The van der Waals surface area contributed by atoms with E-state index in [-0.39, 0.29) is 21.3 Å². The second-order valence-corrected chi connectivity index (χ2v) is 13.0. The number of imidazole rings is 1. The van der Waals surface area contributed by atoms with Crippen LogP contribution in [0.4, 0.5) is 4.39 Å². The summed E-state index contributed by atoms with van der Waals surface area (Å²) in [6, 6.07) is 26.9. The Hall–Kier alpha value is -5.41. The van der Waals surface area contributed by atoms with Crippen molar-refractivity contribution in [2.24, 2.45) is 0 Å². The van der Waals surface area contributed by atoms with E-state index in [1.807, 2.05) is 32.0 Å². The molecule has 0 bridgehead atoms. The van der Waals surface area contributed by atoms with Crippen molar-refractivity contribution in [2.45, 2.75) is 30.2 Å². The summed E-state index contributed by atoms with van der Waals surface area (Å²) in [5.41, 5.74) is 6.80. The Morgan fingerprint density at radius 1 is 0.800 bits per heavy atom. The minimum Gasteiger partial charge on any atom is -0.345 e. The number of halogens is 1. The molecule has 0 atom stereocenters. The number of H-pyrrole nitrogens is 2. The lowest BCUT2D eigenvalue weighted by atomic mass is 9.98. The molecule has 0 aliphatic rings. The van der Waals surface area contributed by atoms with Crippen LogP contribution in [0.5, 0.6) is 0 Å². The maximum atomic E-state index is 14.2. The second kappa shape index (κ2) is 10.9. The highest BCUT2D eigenvalue weighted by Gasteiger charge is 2.30. The van der Waals surface area contributed by atoms with Gasteiger partial charge in [-0.3, -0.25) is 9.78 Å². The summed E-state index contributed by atoms with van der Waals surface area (Å²) in [6.07, 6.45) is 2.25. The van der Waals surface area contributed by atoms with Crippen molar-refractivity contribution in [3.63, 3.8) is 0 Å². The predicted octanol–water partition coefficient (Wildman–Crippen LogP) is 7.52. The number of aromatic nitrogens is 4. The van der Waals surface area contributed by atoms with E-state index in [9.17, 15) is 17.6 Å². The zero-order valence-corrected chi connectivity index (χ0v) is 25.2. The fourth-order valence-corrected chi connectivity index (χ4v) is 7.06. The minimum absolute atomic E-state index is 0.0717. The van der Waals surface area contributed by atoms with Crippen LogP contribution < -0.4 is 0 Å². The first kappa shape index (κ1) is 28.4. The van der Waals surface area contributed by atoms with Crippen LogP contribution in [-0.4, -0.2) is 34.1 Å². The zero-order valence-electron chi connectivity index (χ0n) is 24.4. The van der Waals surface area contributed by atoms with Crippen molar-refractivity contribution in [1.82, 2.24) is 19.9 Å². The highest BCUT2D eigenvalue weighted by atomic mass is 32.2. The monoisotopic (exact) mass is 614 g/mol. The number of hydrogen-bond acceptors (Lipinski definition) is 5. The van der Waals surface area contributed by atoms with Gasteiger partial charge in [-0.25, -0.2) is 17.8 Å². The Morgan fingerprint density at radius 2 is 1.51 bits per heavy atom. The summed E-state index contributed by atoms with van der Waals surface area (Å²) in [7, 11) is -4.10. The number of carbonyl (C=O) groups is 1. The van der Waals surface area contributed by atoms with Crippen LogP contribution in [0.1, 0.15) is 38.6 Å². The van der Waals surface area contributed by atoms with Gasteiger partial charge in [-0.15, -0.1) is 0 Å². The first-order valence-electron chi connectivity index (χ1n) is 14.3. The third-order valence-electron chi connectivity index (χ3n) is 7.95. The Bertz CT molecular complexity index is 2340. The number of hydrogen-bond donors (Lipinski definition) is 2. The van der Waals surface area contributed by atoms with Gasteiger partial charge in [-0.1, -0.05) is 66.2 Å². The van der Waals surface area contributed by atoms with Gasteiger partial charge >= 0.3 is 0 Å². The molecule has 0 radical (unpaired) electrons. The summed E-state index contributed by atoms with van der Waals surface area (Å²) < 4.78 is 41.5. The first-order chi connectivity index (χ1) is 21.7. The maximum absolute atomic E-state index is 14.2. The number of sulfone groups is 1. The molecule has 2 N–H and O–H groups in total. The van der Waals surface area contributed by atoms with E-state index in [0.717, 1.165) is 44.8 Å². The molecule has 3 aromatic heterocycles. The molecule has 7 aromatic rings. The lowest BCUT2D eigenvalue weighted by molar-refractivity contribution is 0.103. The number of pyridine rings is 1. The van der Waals surface area contributed by atoms with E-state index in [2.05, 4.69) is 19.9 Å². The summed E-state index contributed by atoms with van der Waals surface area (Å²) in [5, 5.41) is 0.307. The smallest absolute Gasteiger partial charge is 0.222 e. The zero-order chi connectivity index (χ0) is 31.3. The molecule has 7 nitrogen and oxygen atoms in total. The molecular weight excluding hydrogens is 587 g/mol. The van der Waals surface area contributed by atoms with Crippen molar-refractivity contribution in [3.05, 3.63) is 143 Å². The molecule has 4 aromatic carbocycles. The highest BCUT2D eigenvalue weighted by molar-refractivity contribution is 7.91. The van der Waals surface area contributed by atoms with E-state index in [1.54, 1.807) is 72.9 Å². The quantitative estimate of drug-likeness (QED) is 0.181. The average Bonchev–Trinajstić information content (AvgIpc) is 3.62. The molecule has 0 amide bonds. The summed E-state index contributed by atoms with van der Waals surface area (Å²) in [4.78, 5) is 29.6. The molecule has 222 valence electrons. The van der Waals surface area contributed by atoms with Crippen LogP contribution in [-0.2, 0) is 16.3 Å². The highest BCUT2D eigenvalue weighted by Crippen LogP contribution is 2.34. The summed E-state index contributed by atoms with van der Waals surface area (Å²) in [6.45, 7) is 3.77. The van der Waals surface area contributed by atoms with Gasteiger partial charge < -0.3 is 9.97 Å². The molecule has 9 heteroatoms. The number of nitrogens with zero attached hydrogens (tertiary/aromatic N) is 2. The van der Waals surface area contributed by atoms with Gasteiger partial charge in [0.05, 0.1) is 21.7 Å². The van der Waals surface area contributed by atoms with Gasteiger partial charge in [0, 0.05) is 29.1 Å². The number of aromatic amines is 2. The molecule has 0 spiro atoms. The van der Waals surface area contributed by atoms with E-state index >= 15 is 0 Å². The lowest BCUT2D eigenvalue weighted by Crippen LogP contribution is -2.10. The van der Waals surface area contributed by atoms with Gasteiger partial charge in [0.1, 0.15) is 22.2 Å². The van der Waals surface area contributed by atoms with Crippen LogP contribution in [0, 0.1) is 19.7 Å². The van der Waals surface area contributed by atoms with Gasteiger partial charge in [-0.2, -0.15) is 0 Å². The summed E-state index contributed by atoms with van der Waals surface area (Å²) >= 11 is 0. The molecule has 0 fully saturated rings. The van der Waals surface area contributed by atoms with Gasteiger partial charge in [0.15, 0.2) is 5.78 Å². The van der Waals surface area contributed by atoms with Crippen molar-refractivity contribution >= 4 is 37.6 Å². The fraction of sp³-hybridized carbons (Fsp3) is 0.0833. The van der Waals surface area contributed by atoms with Crippen molar-refractivity contribution in [3.8, 4) is 11.1 Å². The normalized spacial score (nSPS) is 11.8. The Kier molecular flexibility index (Phi) is 6.90. The molecule has 45 heavy (non-hydrogen) atoms. The standard InChI is InChI=1S/C36H27FN4O3S/c1-21-3-14-28(15-4-21)45(43,44)36-33(29-16-11-26(20-31(29)41-36)24-9-12-27(37)13-10-24)35(42)25-7-5-23(6-8-25)19-32-34-30(17-18-38-32)39-22(2)40-34/h3-18,20,41H,19H2,1-2H3,(H,39,40). The van der Waals surface area contributed by atoms with Crippen LogP contribution in [0.15, 0.2) is 113 Å². The molecule has 0 saturated carbocycles. The second-order valence-electron chi connectivity index (χ2n) is 11.1. The third-order valence-corrected chi connectivity index (χ3v) is 9.69. The van der Waals surface area contributed by atoms with Crippen molar-refractivity contribution in [2.75, 3.05) is 0 Å². The van der Waals surface area contributed by atoms with Crippen LogP contribution in [0.25, 0.3) is 33.1 Å². The number of benzene rings is 4. The number of aryl methyl sites for hydroxylation is 2. The van der Waals surface area contributed by atoms with E-state index in [1.165, 1.54) is 12.1 Å². The Labute approximate surface area is 258 Å². The lowest BCUT2D eigenvalue weighted by Gasteiger charge is -2.08. The molecule has 3 heterocycles. The molecule has 0 saturated heterocycles. The first-order valence-corrected chi connectivity index (χ1v) is 15.8. The van der Waals surface area contributed by atoms with Crippen molar-refractivity contribution in [1.29, 1.82) is 0 Å². The fourth-order valence-electron chi connectivity index (χ4n) is 5.61. The maximum Gasteiger partial charge on any atom is 0.222 e. The van der Waals surface area contributed by atoms with Crippen LogP contribution in [0.2, 0.25) is 0 Å². The number of carbonyl (C=O) groups excluding carboxylic acids is 1. The molecule has 7 rings (SSSR count). The van der Waals surface area contributed by atoms with E-state index in [0.29, 0.717) is 22.9 Å². The van der Waals surface area contributed by atoms with E-state index in [4.69, 9.17) is 0 Å². The number of fused-ring (bicyclic) bond motifs is 2. The number of rotatable bonds is 7. The Balaban J connectivity index is 1.30. The molecule has 0 aliphatic carbocycles. The predicted molar refractivity (Wildman–Crippen MR) is 172 cm³/mol. The van der Waals surface area contributed by atoms with E-state index < -0.39 is 15.6 Å². The largest absolute Gasteiger partial charge is 0.345 e. The van der Waals surface area contributed by atoms with Gasteiger partial charge in [-0.05, 0) is 66.9 Å². The van der Waals surface area contributed by atoms with Crippen molar-refractivity contribution < 1.29 is 17.6 Å². The van der Waals surface area contributed by atoms with Crippen LogP contribution >= 0.6 is 0 Å². The summed E-state index contributed by atoms with van der Waals surface area (Å²) in [5.74, 6) is 0.0332. The molecule has 0 aliphatic heterocycles. The minimum atomic E-state index is -4.10. The number of ketones is 1. The van der Waals surface area contributed by atoms with Crippen LogP contribution in [0.3, 0.4) is 0 Å². The van der Waals surface area contributed by atoms with Gasteiger partial charge in [0.25, 0.3) is 0 Å². The third kappa shape index (κ3) is 5.21. The number of nitrogens with one attached hydrogen (secondary N) is 2. The topological polar surface area (TPSA) is 109 Å². The molecular formula is C36H27FN4O3S. The Morgan fingerprint density at radius 3 is 2.24 bits per heavy atom. The van der Waals surface area contributed by atoms with Gasteiger partial charge in [0.2, 0.25) is 9.84 Å². The molecule has 0 unspecified atom stereocenters. The average molecular weight is 615 g/mol.